The summed E-state index contributed by atoms with van der Waals surface area (Å²) in [5, 5.41) is 3.76. The van der Waals surface area contributed by atoms with Crippen LogP contribution >= 0.6 is 0 Å². The Morgan fingerprint density at radius 1 is 1.00 bits per heavy atom. The highest BCUT2D eigenvalue weighted by atomic mass is 14.9. The summed E-state index contributed by atoms with van der Waals surface area (Å²) in [6.07, 6.45) is 7.00. The molecular formula is C19H31N. The molecule has 20 heavy (non-hydrogen) atoms. The highest BCUT2D eigenvalue weighted by Crippen LogP contribution is 2.38. The van der Waals surface area contributed by atoms with Crippen LogP contribution in [0.3, 0.4) is 0 Å². The molecule has 0 spiro atoms. The van der Waals surface area contributed by atoms with E-state index in [-0.39, 0.29) is 0 Å². The summed E-state index contributed by atoms with van der Waals surface area (Å²) in [5.41, 5.74) is 4.29. The molecule has 0 amide bonds. The first-order valence-electron chi connectivity index (χ1n) is 8.45. The Kier molecular flexibility index (Phi) is 5.65. The van der Waals surface area contributed by atoms with Crippen molar-refractivity contribution in [3.63, 3.8) is 0 Å². The van der Waals surface area contributed by atoms with E-state index in [4.69, 9.17) is 0 Å². The number of hydrogen-bond acceptors (Lipinski definition) is 1. The molecule has 0 aromatic heterocycles. The fourth-order valence-corrected chi connectivity index (χ4v) is 3.90. The molecule has 1 aromatic carbocycles. The van der Waals surface area contributed by atoms with E-state index in [1.165, 1.54) is 48.8 Å². The van der Waals surface area contributed by atoms with Crippen LogP contribution in [0.4, 0.5) is 0 Å². The number of benzene rings is 1. The first-order valence-corrected chi connectivity index (χ1v) is 8.45. The summed E-state index contributed by atoms with van der Waals surface area (Å²) in [6, 6.07) is 7.59. The third-order valence-corrected chi connectivity index (χ3v) is 4.97. The van der Waals surface area contributed by atoms with Gasteiger partial charge in [0.2, 0.25) is 0 Å². The Balaban J connectivity index is 2.14. The minimum Gasteiger partial charge on any atom is -0.310 e. The van der Waals surface area contributed by atoms with Gasteiger partial charge in [-0.2, -0.15) is 0 Å². The van der Waals surface area contributed by atoms with Crippen LogP contribution in [0.2, 0.25) is 0 Å². The van der Waals surface area contributed by atoms with Gasteiger partial charge in [-0.25, -0.2) is 0 Å². The molecular weight excluding hydrogens is 242 g/mol. The van der Waals surface area contributed by atoms with Crippen molar-refractivity contribution in [1.29, 1.82) is 0 Å². The topological polar surface area (TPSA) is 12.0 Å². The van der Waals surface area contributed by atoms with Crippen LogP contribution in [0, 0.1) is 25.7 Å². The molecule has 1 aliphatic rings. The van der Waals surface area contributed by atoms with Crippen molar-refractivity contribution in [1.82, 2.24) is 5.32 Å². The Morgan fingerprint density at radius 2 is 1.60 bits per heavy atom. The molecule has 1 saturated carbocycles. The monoisotopic (exact) mass is 273 g/mol. The Bertz CT molecular complexity index is 396. The van der Waals surface area contributed by atoms with E-state index in [1.54, 1.807) is 0 Å². The van der Waals surface area contributed by atoms with Gasteiger partial charge >= 0.3 is 0 Å². The molecule has 1 nitrogen and oxygen atoms in total. The molecule has 0 radical (unpaired) electrons. The zero-order chi connectivity index (χ0) is 14.5. The van der Waals surface area contributed by atoms with Crippen LogP contribution in [0.1, 0.15) is 68.7 Å². The Hall–Kier alpha value is -0.820. The zero-order valence-corrected chi connectivity index (χ0v) is 13.7. The lowest BCUT2D eigenvalue weighted by Crippen LogP contribution is -2.31. The second-order valence-corrected chi connectivity index (χ2v) is 6.65. The van der Waals surface area contributed by atoms with Crippen LogP contribution in [-0.4, -0.2) is 6.54 Å². The molecule has 0 saturated heterocycles. The largest absolute Gasteiger partial charge is 0.310 e. The van der Waals surface area contributed by atoms with Gasteiger partial charge in [0.15, 0.2) is 0 Å². The molecule has 0 aliphatic heterocycles. The lowest BCUT2D eigenvalue weighted by molar-refractivity contribution is 0.220. The summed E-state index contributed by atoms with van der Waals surface area (Å²) >= 11 is 0. The van der Waals surface area contributed by atoms with E-state index in [0.29, 0.717) is 6.04 Å². The van der Waals surface area contributed by atoms with E-state index in [1.807, 2.05) is 0 Å². The molecule has 2 rings (SSSR count). The summed E-state index contributed by atoms with van der Waals surface area (Å²) in [6.45, 7) is 10.1. The second kappa shape index (κ2) is 7.26. The molecule has 1 N–H and O–H groups in total. The van der Waals surface area contributed by atoms with E-state index in [2.05, 4.69) is 51.2 Å². The maximum absolute atomic E-state index is 3.76. The number of aryl methyl sites for hydroxylation is 2. The molecule has 0 heterocycles. The third kappa shape index (κ3) is 3.85. The van der Waals surface area contributed by atoms with Gasteiger partial charge in [0.1, 0.15) is 0 Å². The summed E-state index contributed by atoms with van der Waals surface area (Å²) < 4.78 is 0. The first kappa shape index (κ1) is 15.6. The van der Waals surface area contributed by atoms with Crippen LogP contribution in [0.15, 0.2) is 18.2 Å². The minimum absolute atomic E-state index is 0.552. The molecule has 1 fully saturated rings. The summed E-state index contributed by atoms with van der Waals surface area (Å²) in [7, 11) is 0. The fraction of sp³-hybridized carbons (Fsp3) is 0.684. The van der Waals surface area contributed by atoms with E-state index < -0.39 is 0 Å². The lowest BCUT2D eigenvalue weighted by atomic mass is 9.75. The highest BCUT2D eigenvalue weighted by molar-refractivity contribution is 5.31. The first-order chi connectivity index (χ1) is 9.63. The second-order valence-electron chi connectivity index (χ2n) is 6.65. The molecule has 1 atom stereocenters. The van der Waals surface area contributed by atoms with Crippen LogP contribution in [-0.2, 0) is 0 Å². The predicted molar refractivity (Wildman–Crippen MR) is 88.1 cm³/mol. The SMILES string of the molecule is CCNC(c1cc(C)cc(C)c1)C1CCC(CC)CC1. The van der Waals surface area contributed by atoms with Crippen molar-refractivity contribution in [2.24, 2.45) is 11.8 Å². The summed E-state index contributed by atoms with van der Waals surface area (Å²) in [5.74, 6) is 1.80. The summed E-state index contributed by atoms with van der Waals surface area (Å²) in [4.78, 5) is 0. The number of hydrogen-bond donors (Lipinski definition) is 1. The zero-order valence-electron chi connectivity index (χ0n) is 13.7. The van der Waals surface area contributed by atoms with Gasteiger partial charge in [-0.05, 0) is 50.6 Å². The predicted octanol–water partition coefficient (Wildman–Crippen LogP) is 5.17. The van der Waals surface area contributed by atoms with Crippen molar-refractivity contribution < 1.29 is 0 Å². The average molecular weight is 273 g/mol. The quantitative estimate of drug-likeness (QED) is 0.780. The van der Waals surface area contributed by atoms with Crippen molar-refractivity contribution in [3.8, 4) is 0 Å². The van der Waals surface area contributed by atoms with Gasteiger partial charge in [-0.3, -0.25) is 0 Å². The Labute approximate surface area is 125 Å². The fourth-order valence-electron chi connectivity index (χ4n) is 3.90. The minimum atomic E-state index is 0.552. The van der Waals surface area contributed by atoms with Gasteiger partial charge in [0, 0.05) is 6.04 Å². The van der Waals surface area contributed by atoms with Crippen molar-refractivity contribution in [2.75, 3.05) is 6.54 Å². The smallest absolute Gasteiger partial charge is 0.0348 e. The van der Waals surface area contributed by atoms with Crippen LogP contribution < -0.4 is 5.32 Å². The van der Waals surface area contributed by atoms with Gasteiger partial charge in [-0.1, -0.05) is 62.4 Å². The third-order valence-electron chi connectivity index (χ3n) is 4.97. The average Bonchev–Trinajstić information content (AvgIpc) is 2.44. The van der Waals surface area contributed by atoms with Gasteiger partial charge in [-0.15, -0.1) is 0 Å². The van der Waals surface area contributed by atoms with Crippen molar-refractivity contribution >= 4 is 0 Å². The van der Waals surface area contributed by atoms with Crippen LogP contribution in [0.5, 0.6) is 0 Å². The lowest BCUT2D eigenvalue weighted by Gasteiger charge is -2.34. The van der Waals surface area contributed by atoms with Gasteiger partial charge in [0.25, 0.3) is 0 Å². The maximum Gasteiger partial charge on any atom is 0.0348 e. The van der Waals surface area contributed by atoms with Crippen molar-refractivity contribution in [2.45, 2.75) is 65.8 Å². The molecule has 1 aliphatic carbocycles. The molecule has 1 unspecified atom stereocenters. The van der Waals surface area contributed by atoms with Gasteiger partial charge < -0.3 is 5.32 Å². The van der Waals surface area contributed by atoms with E-state index in [9.17, 15) is 0 Å². The van der Waals surface area contributed by atoms with E-state index >= 15 is 0 Å². The van der Waals surface area contributed by atoms with Crippen molar-refractivity contribution in [3.05, 3.63) is 34.9 Å². The van der Waals surface area contributed by atoms with Crippen LogP contribution in [0.25, 0.3) is 0 Å². The Morgan fingerprint density at radius 3 is 2.10 bits per heavy atom. The molecule has 0 bridgehead atoms. The molecule has 1 heteroatoms. The van der Waals surface area contributed by atoms with E-state index in [0.717, 1.165) is 18.4 Å². The normalized spacial score (nSPS) is 24.6. The molecule has 1 aromatic rings. The maximum atomic E-state index is 3.76. The number of nitrogens with one attached hydrogen (secondary N) is 1. The highest BCUT2D eigenvalue weighted by Gasteiger charge is 2.27. The van der Waals surface area contributed by atoms with Gasteiger partial charge in [0.05, 0.1) is 0 Å². The standard InChI is InChI=1S/C19H31N/c1-5-16-7-9-17(10-8-16)19(20-6-2)18-12-14(3)11-15(4)13-18/h11-13,16-17,19-20H,5-10H2,1-4H3. The molecule has 112 valence electrons. The number of rotatable bonds is 5.